The molecule has 1 fully saturated rings. The number of allylic oxidation sites excluding steroid dienone is 2. The lowest BCUT2D eigenvalue weighted by molar-refractivity contribution is -0.137. The van der Waals surface area contributed by atoms with E-state index in [0.717, 1.165) is 12.8 Å². The van der Waals surface area contributed by atoms with Crippen LogP contribution in [-0.2, 0) is 9.53 Å². The summed E-state index contributed by atoms with van der Waals surface area (Å²) in [5, 5.41) is 0. The molecule has 0 N–H and O–H groups in total. The number of carbonyl (C=O) groups excluding carboxylic acids is 1. The number of hydrogen-bond donors (Lipinski definition) is 0. The van der Waals surface area contributed by atoms with Crippen molar-refractivity contribution in [2.24, 2.45) is 5.92 Å². The molecule has 0 spiro atoms. The van der Waals surface area contributed by atoms with E-state index in [9.17, 15) is 4.79 Å². The Morgan fingerprint density at radius 2 is 2.21 bits per heavy atom. The first-order valence-corrected chi connectivity index (χ1v) is 5.63. The molecule has 0 aromatic carbocycles. The van der Waals surface area contributed by atoms with Crippen LogP contribution in [-0.4, -0.2) is 12.6 Å². The zero-order valence-electron chi connectivity index (χ0n) is 9.00. The third-order valence-corrected chi connectivity index (χ3v) is 2.57. The van der Waals surface area contributed by atoms with Crippen LogP contribution in [0.3, 0.4) is 0 Å². The highest BCUT2D eigenvalue weighted by Gasteiger charge is 2.22. The van der Waals surface area contributed by atoms with E-state index in [1.54, 1.807) is 0 Å². The Morgan fingerprint density at radius 3 is 2.86 bits per heavy atom. The Kier molecular flexibility index (Phi) is 5.35. The van der Waals surface area contributed by atoms with Crippen LogP contribution < -0.4 is 0 Å². The van der Waals surface area contributed by atoms with Crippen LogP contribution in [0.1, 0.15) is 45.4 Å². The normalized spacial score (nSPS) is 21.8. The van der Waals surface area contributed by atoms with Gasteiger partial charge in [-0.15, -0.1) is 0 Å². The van der Waals surface area contributed by atoms with Gasteiger partial charge in [0.1, 0.15) is 0 Å². The highest BCUT2D eigenvalue weighted by atomic mass is 16.5. The van der Waals surface area contributed by atoms with Gasteiger partial charge in [0, 0.05) is 5.92 Å². The van der Waals surface area contributed by atoms with Gasteiger partial charge >= 0.3 is 5.97 Å². The maximum Gasteiger partial charge on any atom is 0.306 e. The first-order valence-electron chi connectivity index (χ1n) is 5.63. The summed E-state index contributed by atoms with van der Waals surface area (Å²) < 4.78 is 4.90. The maximum atomic E-state index is 10.8. The fourth-order valence-corrected chi connectivity index (χ4v) is 1.64. The van der Waals surface area contributed by atoms with Crippen molar-refractivity contribution < 1.29 is 9.53 Å². The van der Waals surface area contributed by atoms with Gasteiger partial charge < -0.3 is 4.74 Å². The average molecular weight is 196 g/mol. The van der Waals surface area contributed by atoms with Gasteiger partial charge in [-0.25, -0.2) is 0 Å². The number of unbranched alkanes of at least 4 members (excludes halogenated alkanes) is 2. The molecule has 14 heavy (non-hydrogen) atoms. The predicted octanol–water partition coefficient (Wildman–Crippen LogP) is 3.08. The quantitative estimate of drug-likeness (QED) is 0.371. The van der Waals surface area contributed by atoms with Crippen LogP contribution in [0.15, 0.2) is 12.2 Å². The number of carbonyl (C=O) groups is 1. The first-order chi connectivity index (χ1) is 6.83. The first kappa shape index (κ1) is 11.3. The molecule has 1 saturated heterocycles. The molecule has 1 unspecified atom stereocenters. The van der Waals surface area contributed by atoms with Gasteiger partial charge in [0.2, 0.25) is 0 Å². The Balaban J connectivity index is 1.98. The van der Waals surface area contributed by atoms with Crippen LogP contribution in [0.25, 0.3) is 0 Å². The second-order valence-corrected chi connectivity index (χ2v) is 3.94. The molecule has 80 valence electrons. The summed E-state index contributed by atoms with van der Waals surface area (Å²) in [6, 6.07) is 0. The maximum absolute atomic E-state index is 10.8. The molecule has 0 bridgehead atoms. The van der Waals surface area contributed by atoms with Crippen LogP contribution in [0, 0.1) is 5.92 Å². The van der Waals surface area contributed by atoms with E-state index in [1.807, 2.05) is 0 Å². The molecule has 1 heterocycles. The number of rotatable bonds is 6. The van der Waals surface area contributed by atoms with E-state index < -0.39 is 0 Å². The minimum Gasteiger partial charge on any atom is -0.465 e. The molecule has 2 heteroatoms. The number of esters is 1. The average Bonchev–Trinajstić information content (AvgIpc) is 2.58. The fraction of sp³-hybridized carbons (Fsp3) is 0.750. The van der Waals surface area contributed by atoms with Gasteiger partial charge in [0.25, 0.3) is 0 Å². The lowest BCUT2D eigenvalue weighted by atomic mass is 10.0. The topological polar surface area (TPSA) is 26.3 Å². The summed E-state index contributed by atoms with van der Waals surface area (Å²) in [6.07, 6.45) is 11.0. The summed E-state index contributed by atoms with van der Waals surface area (Å²) in [5.41, 5.74) is 0. The zero-order valence-corrected chi connectivity index (χ0v) is 9.00. The molecule has 1 rings (SSSR count). The summed E-state index contributed by atoms with van der Waals surface area (Å²) in [6.45, 7) is 2.84. The monoisotopic (exact) mass is 196 g/mol. The Bertz CT molecular complexity index is 196. The predicted molar refractivity (Wildman–Crippen MR) is 57.0 cm³/mol. The van der Waals surface area contributed by atoms with Gasteiger partial charge in [0.05, 0.1) is 13.0 Å². The van der Waals surface area contributed by atoms with E-state index in [-0.39, 0.29) is 5.97 Å². The van der Waals surface area contributed by atoms with Gasteiger partial charge in [-0.05, 0) is 19.3 Å². The van der Waals surface area contributed by atoms with Crippen molar-refractivity contribution in [2.75, 3.05) is 6.61 Å². The lowest BCUT2D eigenvalue weighted by Gasteiger charge is -2.01. The van der Waals surface area contributed by atoms with E-state index in [4.69, 9.17) is 4.74 Å². The second-order valence-electron chi connectivity index (χ2n) is 3.94. The van der Waals surface area contributed by atoms with Gasteiger partial charge in [-0.3, -0.25) is 4.79 Å². The molecule has 0 aliphatic carbocycles. The third-order valence-electron chi connectivity index (χ3n) is 2.57. The molecule has 0 aromatic rings. The molecule has 0 amide bonds. The SMILES string of the molecule is CCCC/C=C/CCC1COC(=O)C1. The number of hydrogen-bond acceptors (Lipinski definition) is 2. The Morgan fingerprint density at radius 1 is 1.43 bits per heavy atom. The zero-order chi connectivity index (χ0) is 10.2. The number of cyclic esters (lactones) is 1. The molecule has 2 nitrogen and oxygen atoms in total. The largest absolute Gasteiger partial charge is 0.465 e. The minimum absolute atomic E-state index is 0.0232. The molecular weight excluding hydrogens is 176 g/mol. The van der Waals surface area contributed by atoms with E-state index in [0.29, 0.717) is 18.9 Å². The van der Waals surface area contributed by atoms with Crippen molar-refractivity contribution in [3.8, 4) is 0 Å². The molecule has 1 atom stereocenters. The van der Waals surface area contributed by atoms with Crippen molar-refractivity contribution in [2.45, 2.75) is 45.4 Å². The molecule has 0 aromatic heterocycles. The fourth-order valence-electron chi connectivity index (χ4n) is 1.64. The smallest absolute Gasteiger partial charge is 0.306 e. The van der Waals surface area contributed by atoms with Gasteiger partial charge in [-0.2, -0.15) is 0 Å². The summed E-state index contributed by atoms with van der Waals surface area (Å²) in [4.78, 5) is 10.8. The highest BCUT2D eigenvalue weighted by Crippen LogP contribution is 2.19. The molecule has 0 radical (unpaired) electrons. The van der Waals surface area contributed by atoms with E-state index >= 15 is 0 Å². The second kappa shape index (κ2) is 6.63. The summed E-state index contributed by atoms with van der Waals surface area (Å²) in [5.74, 6) is 0.447. The van der Waals surface area contributed by atoms with Crippen molar-refractivity contribution in [1.29, 1.82) is 0 Å². The van der Waals surface area contributed by atoms with E-state index in [2.05, 4.69) is 19.1 Å². The van der Waals surface area contributed by atoms with Gasteiger partial charge in [-0.1, -0.05) is 31.9 Å². The third kappa shape index (κ3) is 4.45. The highest BCUT2D eigenvalue weighted by molar-refractivity contribution is 5.71. The summed E-state index contributed by atoms with van der Waals surface area (Å²) >= 11 is 0. The van der Waals surface area contributed by atoms with Crippen molar-refractivity contribution in [3.63, 3.8) is 0 Å². The Hall–Kier alpha value is -0.790. The molecule has 1 aliphatic rings. The van der Waals surface area contributed by atoms with Gasteiger partial charge in [0.15, 0.2) is 0 Å². The number of ether oxygens (including phenoxy) is 1. The van der Waals surface area contributed by atoms with Crippen molar-refractivity contribution >= 4 is 5.97 Å². The summed E-state index contributed by atoms with van der Waals surface area (Å²) in [7, 11) is 0. The standard InChI is InChI=1S/C12H20O2/c1-2-3-4-5-6-7-8-11-9-12(13)14-10-11/h5-6,11H,2-4,7-10H2,1H3/b6-5+. The van der Waals surface area contributed by atoms with Crippen molar-refractivity contribution in [1.82, 2.24) is 0 Å². The van der Waals surface area contributed by atoms with Crippen LogP contribution in [0.2, 0.25) is 0 Å². The van der Waals surface area contributed by atoms with Crippen LogP contribution >= 0.6 is 0 Å². The lowest BCUT2D eigenvalue weighted by Crippen LogP contribution is -1.97. The molecule has 0 saturated carbocycles. The molecular formula is C12H20O2. The van der Waals surface area contributed by atoms with Crippen LogP contribution in [0.4, 0.5) is 0 Å². The minimum atomic E-state index is -0.0232. The van der Waals surface area contributed by atoms with E-state index in [1.165, 1.54) is 19.3 Å². The molecule has 1 aliphatic heterocycles. The van der Waals surface area contributed by atoms with Crippen molar-refractivity contribution in [3.05, 3.63) is 12.2 Å². The Labute approximate surface area is 86.3 Å². The van der Waals surface area contributed by atoms with Crippen LogP contribution in [0.5, 0.6) is 0 Å².